The van der Waals surface area contributed by atoms with Gasteiger partial charge in [-0.3, -0.25) is 0 Å². The largest absolute Gasteiger partial charge is 0.459 e. The molecule has 1 aromatic rings. The lowest BCUT2D eigenvalue weighted by Gasteiger charge is -2.29. The van der Waals surface area contributed by atoms with E-state index in [4.69, 9.17) is 4.74 Å². The van der Waals surface area contributed by atoms with Crippen LogP contribution in [0.2, 0.25) is 0 Å². The minimum absolute atomic E-state index is 0.0443. The van der Waals surface area contributed by atoms with E-state index in [0.717, 1.165) is 30.5 Å². The molecule has 0 spiro atoms. The monoisotopic (exact) mass is 357 g/mol. The summed E-state index contributed by atoms with van der Waals surface area (Å²) < 4.78 is 5.79. The highest BCUT2D eigenvalue weighted by molar-refractivity contribution is 5.95. The Hall–Kier alpha value is -2.50. The van der Waals surface area contributed by atoms with Crippen LogP contribution in [0.3, 0.4) is 0 Å². The van der Waals surface area contributed by atoms with Gasteiger partial charge < -0.3 is 20.3 Å². The van der Waals surface area contributed by atoms with Crippen molar-refractivity contribution in [3.8, 4) is 0 Å². The number of carbonyl (C=O) groups is 2. The second-order valence-corrected chi connectivity index (χ2v) is 7.41. The fraction of sp³-hybridized carbons (Fsp3) is 0.500. The average molecular weight is 357 g/mol. The lowest BCUT2D eigenvalue weighted by molar-refractivity contribution is -0.146. The summed E-state index contributed by atoms with van der Waals surface area (Å²) in [5.41, 5.74) is 2.93. The topological polar surface area (TPSA) is 70.7 Å². The molecule has 2 amide bonds. The summed E-state index contributed by atoms with van der Waals surface area (Å²) in [6.07, 6.45) is 3.03. The number of rotatable bonds is 4. The molecule has 2 aliphatic rings. The van der Waals surface area contributed by atoms with Crippen molar-refractivity contribution in [3.05, 3.63) is 41.1 Å². The van der Waals surface area contributed by atoms with Crippen molar-refractivity contribution in [3.63, 3.8) is 0 Å². The lowest BCUT2D eigenvalue weighted by atomic mass is 9.95. The summed E-state index contributed by atoms with van der Waals surface area (Å²) in [5.74, 6) is 0.0271. The van der Waals surface area contributed by atoms with E-state index in [9.17, 15) is 9.59 Å². The zero-order valence-corrected chi connectivity index (χ0v) is 15.8. The highest BCUT2D eigenvalue weighted by Gasteiger charge is 2.35. The molecule has 3 atom stereocenters. The number of hydrogen-bond donors (Lipinski definition) is 2. The number of ether oxygens (including phenoxy) is 1. The van der Waals surface area contributed by atoms with Crippen LogP contribution >= 0.6 is 0 Å². The maximum atomic E-state index is 12.9. The molecular formula is C20H27N3O3. The number of benzene rings is 1. The van der Waals surface area contributed by atoms with Crippen LogP contribution in [0.15, 0.2) is 35.5 Å². The summed E-state index contributed by atoms with van der Waals surface area (Å²) >= 11 is 0. The molecule has 1 aliphatic heterocycles. The first-order valence-electron chi connectivity index (χ1n) is 9.13. The zero-order chi connectivity index (χ0) is 18.8. The molecule has 26 heavy (non-hydrogen) atoms. The number of urea groups is 1. The van der Waals surface area contributed by atoms with Crippen LogP contribution in [0, 0.1) is 5.92 Å². The van der Waals surface area contributed by atoms with Gasteiger partial charge in [0.15, 0.2) is 0 Å². The highest BCUT2D eigenvalue weighted by atomic mass is 16.5. The molecule has 1 fully saturated rings. The summed E-state index contributed by atoms with van der Waals surface area (Å²) in [7, 11) is 3.94. The van der Waals surface area contributed by atoms with E-state index in [0.29, 0.717) is 17.2 Å². The normalized spacial score (nSPS) is 25.5. The van der Waals surface area contributed by atoms with Crippen LogP contribution in [0.25, 0.3) is 0 Å². The fourth-order valence-corrected chi connectivity index (χ4v) is 3.67. The van der Waals surface area contributed by atoms with Gasteiger partial charge in [-0.2, -0.15) is 0 Å². The minimum Gasteiger partial charge on any atom is -0.459 e. The van der Waals surface area contributed by atoms with Crippen molar-refractivity contribution < 1.29 is 14.3 Å². The van der Waals surface area contributed by atoms with Gasteiger partial charge in [0.2, 0.25) is 0 Å². The third-order valence-electron chi connectivity index (χ3n) is 5.27. The number of carbonyl (C=O) groups excluding carboxylic acids is 2. The van der Waals surface area contributed by atoms with E-state index in [1.807, 2.05) is 43.3 Å². The number of hydrogen-bond acceptors (Lipinski definition) is 4. The van der Waals surface area contributed by atoms with Crippen LogP contribution in [-0.4, -0.2) is 32.2 Å². The Kier molecular flexibility index (Phi) is 5.20. The number of esters is 1. The van der Waals surface area contributed by atoms with E-state index in [2.05, 4.69) is 17.6 Å². The fourth-order valence-electron chi connectivity index (χ4n) is 3.67. The number of nitrogens with zero attached hydrogens (tertiary/aromatic N) is 1. The number of allylic oxidation sites excluding steroid dienone is 1. The van der Waals surface area contributed by atoms with Gasteiger partial charge in [0.1, 0.15) is 6.10 Å². The Morgan fingerprint density at radius 2 is 1.88 bits per heavy atom. The molecule has 0 bridgehead atoms. The molecule has 6 nitrogen and oxygen atoms in total. The SMILES string of the molecule is CC1=C(C(=O)OC2CCCC2C)C(c2ccc(N(C)C)cc2)NC(=O)N1. The van der Waals surface area contributed by atoms with Gasteiger partial charge in [-0.05, 0) is 49.8 Å². The van der Waals surface area contributed by atoms with Crippen molar-refractivity contribution in [2.75, 3.05) is 19.0 Å². The summed E-state index contributed by atoms with van der Waals surface area (Å²) in [6, 6.07) is 7.00. The molecule has 6 heteroatoms. The van der Waals surface area contributed by atoms with Crippen molar-refractivity contribution in [1.82, 2.24) is 10.6 Å². The Labute approximate surface area is 154 Å². The first-order valence-corrected chi connectivity index (χ1v) is 9.13. The standard InChI is InChI=1S/C20H27N3O3/c1-12-6-5-7-16(12)26-19(24)17-13(2)21-20(25)22-18(17)14-8-10-15(11-9-14)23(3)4/h8-12,16,18H,5-7H2,1-4H3,(H2,21,22,25). The second-order valence-electron chi connectivity index (χ2n) is 7.41. The molecule has 1 aliphatic carbocycles. The number of anilines is 1. The number of nitrogens with one attached hydrogen (secondary N) is 2. The first-order chi connectivity index (χ1) is 12.4. The van der Waals surface area contributed by atoms with Gasteiger partial charge in [0.05, 0.1) is 11.6 Å². The predicted molar refractivity (Wildman–Crippen MR) is 101 cm³/mol. The van der Waals surface area contributed by atoms with E-state index < -0.39 is 6.04 Å². The Balaban J connectivity index is 1.87. The van der Waals surface area contributed by atoms with Gasteiger partial charge in [0.25, 0.3) is 0 Å². The van der Waals surface area contributed by atoms with Crippen LogP contribution in [-0.2, 0) is 9.53 Å². The molecule has 2 N–H and O–H groups in total. The van der Waals surface area contributed by atoms with Crippen LogP contribution in [0.4, 0.5) is 10.5 Å². The number of amides is 2. The summed E-state index contributed by atoms with van der Waals surface area (Å²) in [6.45, 7) is 3.86. The van der Waals surface area contributed by atoms with Crippen molar-refractivity contribution in [1.29, 1.82) is 0 Å². The zero-order valence-electron chi connectivity index (χ0n) is 15.8. The third-order valence-corrected chi connectivity index (χ3v) is 5.27. The Morgan fingerprint density at radius 1 is 1.19 bits per heavy atom. The molecule has 1 aromatic carbocycles. The van der Waals surface area contributed by atoms with Gasteiger partial charge in [-0.15, -0.1) is 0 Å². The maximum absolute atomic E-state index is 12.9. The third kappa shape index (κ3) is 3.69. The van der Waals surface area contributed by atoms with Crippen molar-refractivity contribution in [2.45, 2.75) is 45.3 Å². The Morgan fingerprint density at radius 3 is 2.46 bits per heavy atom. The molecule has 3 unspecified atom stereocenters. The van der Waals surface area contributed by atoms with E-state index in [1.54, 1.807) is 6.92 Å². The average Bonchev–Trinajstić information content (AvgIpc) is 2.99. The highest BCUT2D eigenvalue weighted by Crippen LogP contribution is 2.32. The van der Waals surface area contributed by atoms with E-state index >= 15 is 0 Å². The predicted octanol–water partition coefficient (Wildman–Crippen LogP) is 3.11. The quantitative estimate of drug-likeness (QED) is 0.813. The summed E-state index contributed by atoms with van der Waals surface area (Å²) in [5, 5.41) is 5.55. The van der Waals surface area contributed by atoms with Crippen molar-refractivity contribution >= 4 is 17.7 Å². The molecule has 140 valence electrons. The molecule has 3 rings (SSSR count). The second kappa shape index (κ2) is 7.40. The van der Waals surface area contributed by atoms with Crippen LogP contribution in [0.5, 0.6) is 0 Å². The molecular weight excluding hydrogens is 330 g/mol. The Bertz CT molecular complexity index is 724. The molecule has 0 aromatic heterocycles. The smallest absolute Gasteiger partial charge is 0.338 e. The van der Waals surface area contributed by atoms with Gasteiger partial charge >= 0.3 is 12.0 Å². The van der Waals surface area contributed by atoms with Gasteiger partial charge in [-0.1, -0.05) is 19.1 Å². The van der Waals surface area contributed by atoms with Crippen LogP contribution in [0.1, 0.15) is 44.7 Å². The molecule has 0 radical (unpaired) electrons. The maximum Gasteiger partial charge on any atom is 0.338 e. The lowest BCUT2D eigenvalue weighted by Crippen LogP contribution is -2.45. The van der Waals surface area contributed by atoms with Crippen LogP contribution < -0.4 is 15.5 Å². The summed E-state index contributed by atoms with van der Waals surface area (Å²) in [4.78, 5) is 26.9. The van der Waals surface area contributed by atoms with Gasteiger partial charge in [-0.25, -0.2) is 9.59 Å². The van der Waals surface area contributed by atoms with Crippen molar-refractivity contribution in [2.24, 2.45) is 5.92 Å². The van der Waals surface area contributed by atoms with Gasteiger partial charge in [0, 0.05) is 25.5 Å². The molecule has 1 saturated carbocycles. The van der Waals surface area contributed by atoms with E-state index in [1.165, 1.54) is 0 Å². The van der Waals surface area contributed by atoms with E-state index in [-0.39, 0.29) is 18.1 Å². The molecule has 0 saturated heterocycles. The first kappa shape index (κ1) is 18.3. The molecule has 1 heterocycles. The minimum atomic E-state index is -0.510.